The fourth-order valence-corrected chi connectivity index (χ4v) is 4.38. The van der Waals surface area contributed by atoms with Crippen LogP contribution in [0, 0.1) is 0 Å². The van der Waals surface area contributed by atoms with E-state index in [1.165, 1.54) is 23.5 Å². The molecule has 1 amide bonds. The lowest BCUT2D eigenvalue weighted by molar-refractivity contribution is -0.137. The minimum atomic E-state index is -4.37. The van der Waals surface area contributed by atoms with Crippen LogP contribution in [0.1, 0.15) is 21.6 Å². The Kier molecular flexibility index (Phi) is 6.30. The minimum absolute atomic E-state index is 0.159. The van der Waals surface area contributed by atoms with Crippen molar-refractivity contribution in [3.8, 4) is 10.4 Å². The van der Waals surface area contributed by atoms with Crippen molar-refractivity contribution in [1.82, 2.24) is 9.97 Å². The van der Waals surface area contributed by atoms with Gasteiger partial charge in [-0.15, -0.1) is 0 Å². The Hall–Kier alpha value is -3.50. The highest BCUT2D eigenvalue weighted by atomic mass is 32.1. The maximum absolute atomic E-state index is 12.7. The summed E-state index contributed by atoms with van der Waals surface area (Å²) in [5.74, 6) is -0.641. The Morgan fingerprint density at radius 2 is 1.85 bits per heavy atom. The normalized spacial score (nSPS) is 12.6. The van der Waals surface area contributed by atoms with E-state index < -0.39 is 17.6 Å². The number of nitrogens with one attached hydrogen (secondary N) is 1. The number of hydrogen-bond donors (Lipinski definition) is 3. The van der Waals surface area contributed by atoms with Crippen LogP contribution >= 0.6 is 11.3 Å². The van der Waals surface area contributed by atoms with E-state index in [9.17, 15) is 18.0 Å². The zero-order valence-electron chi connectivity index (χ0n) is 17.3. The van der Waals surface area contributed by atoms with E-state index in [1.807, 2.05) is 24.3 Å². The smallest absolute Gasteiger partial charge is 0.364 e. The number of aromatic nitrogens is 2. The third kappa shape index (κ3) is 5.29. The molecule has 4 aromatic rings. The second-order valence-electron chi connectivity index (χ2n) is 7.54. The predicted octanol–water partition coefficient (Wildman–Crippen LogP) is 4.46. The van der Waals surface area contributed by atoms with Crippen LogP contribution in [0.25, 0.3) is 21.2 Å². The monoisotopic (exact) mass is 471 g/mol. The summed E-state index contributed by atoms with van der Waals surface area (Å²) in [4.78, 5) is 21.0. The van der Waals surface area contributed by atoms with Gasteiger partial charge in [0.2, 0.25) is 0 Å². The molecule has 0 bridgehead atoms. The number of primary amides is 1. The van der Waals surface area contributed by atoms with Gasteiger partial charge in [0.15, 0.2) is 5.13 Å². The highest BCUT2D eigenvalue weighted by Gasteiger charge is 2.30. The molecule has 4 rings (SSSR count). The van der Waals surface area contributed by atoms with Gasteiger partial charge in [-0.3, -0.25) is 9.78 Å². The van der Waals surface area contributed by atoms with Crippen LogP contribution in [0.15, 0.2) is 60.9 Å². The number of halogens is 3. The molecule has 0 radical (unpaired) electrons. The van der Waals surface area contributed by atoms with Gasteiger partial charge in [-0.25, -0.2) is 4.98 Å². The van der Waals surface area contributed by atoms with Crippen LogP contribution in [-0.2, 0) is 12.6 Å². The van der Waals surface area contributed by atoms with E-state index in [-0.39, 0.29) is 11.7 Å². The van der Waals surface area contributed by atoms with Gasteiger partial charge in [-0.2, -0.15) is 13.2 Å². The summed E-state index contributed by atoms with van der Waals surface area (Å²) in [7, 11) is 0. The number of alkyl halides is 3. The Morgan fingerprint density at radius 1 is 1.09 bits per heavy atom. The molecule has 0 saturated heterocycles. The molecule has 2 aromatic carbocycles. The number of thiazole rings is 1. The van der Waals surface area contributed by atoms with Crippen molar-refractivity contribution < 1.29 is 18.0 Å². The lowest BCUT2D eigenvalue weighted by Gasteiger charge is -2.13. The van der Waals surface area contributed by atoms with Crippen LogP contribution in [0.5, 0.6) is 0 Å². The number of hydrogen-bond acceptors (Lipinski definition) is 6. The molecular formula is C23H20F3N5OS. The average Bonchev–Trinajstić information content (AvgIpc) is 3.22. The molecule has 170 valence electrons. The summed E-state index contributed by atoms with van der Waals surface area (Å²) in [5.41, 5.74) is 12.7. The number of amides is 1. The Morgan fingerprint density at radius 3 is 2.55 bits per heavy atom. The lowest BCUT2D eigenvalue weighted by atomic mass is 10.0. The van der Waals surface area contributed by atoms with E-state index in [0.29, 0.717) is 28.5 Å². The summed E-state index contributed by atoms with van der Waals surface area (Å²) in [5, 5.41) is 5.53. The zero-order valence-corrected chi connectivity index (χ0v) is 18.1. The first-order valence-corrected chi connectivity index (χ1v) is 10.8. The van der Waals surface area contributed by atoms with Gasteiger partial charge >= 0.3 is 6.18 Å². The number of benzene rings is 2. The van der Waals surface area contributed by atoms with Gasteiger partial charge in [-0.05, 0) is 47.2 Å². The van der Waals surface area contributed by atoms with Crippen molar-refractivity contribution in [3.05, 3.63) is 77.7 Å². The molecule has 0 aliphatic carbocycles. The summed E-state index contributed by atoms with van der Waals surface area (Å²) in [6, 6.07) is 12.2. The molecule has 0 saturated carbocycles. The standard InChI is InChI=1S/C23H20F3N5OS/c24-23(25,26)17-5-1-13(2-6-17)9-18(27)12-30-22-31-19(21(28)32)20(33-22)15-3-4-16-11-29-8-7-14(16)10-15/h1-8,10-11,18H,9,12,27H2,(H2,28,32)(H,30,31). The van der Waals surface area contributed by atoms with Crippen LogP contribution in [0.3, 0.4) is 0 Å². The molecule has 1 atom stereocenters. The third-order valence-corrected chi connectivity index (χ3v) is 6.12. The van der Waals surface area contributed by atoms with Crippen LogP contribution in [0.4, 0.5) is 18.3 Å². The third-order valence-electron chi connectivity index (χ3n) is 5.06. The van der Waals surface area contributed by atoms with Crippen LogP contribution in [-0.4, -0.2) is 28.5 Å². The van der Waals surface area contributed by atoms with Gasteiger partial charge in [-0.1, -0.05) is 35.6 Å². The van der Waals surface area contributed by atoms with Crippen molar-refractivity contribution in [2.75, 3.05) is 11.9 Å². The van der Waals surface area contributed by atoms with E-state index in [0.717, 1.165) is 28.5 Å². The van der Waals surface area contributed by atoms with Gasteiger partial charge in [0.05, 0.1) is 10.4 Å². The largest absolute Gasteiger partial charge is 0.416 e. The van der Waals surface area contributed by atoms with E-state index in [2.05, 4.69) is 15.3 Å². The highest BCUT2D eigenvalue weighted by Crippen LogP contribution is 2.34. The first-order chi connectivity index (χ1) is 15.7. The quantitative estimate of drug-likeness (QED) is 0.369. The predicted molar refractivity (Wildman–Crippen MR) is 123 cm³/mol. The maximum Gasteiger partial charge on any atom is 0.416 e. The van der Waals surface area contributed by atoms with Crippen molar-refractivity contribution in [1.29, 1.82) is 0 Å². The van der Waals surface area contributed by atoms with Crippen molar-refractivity contribution in [3.63, 3.8) is 0 Å². The fourth-order valence-electron chi connectivity index (χ4n) is 3.41. The molecule has 0 spiro atoms. The summed E-state index contributed by atoms with van der Waals surface area (Å²) >= 11 is 1.28. The van der Waals surface area contributed by atoms with Crippen LogP contribution in [0.2, 0.25) is 0 Å². The van der Waals surface area contributed by atoms with Crippen molar-refractivity contribution >= 4 is 33.1 Å². The molecular weight excluding hydrogens is 451 g/mol. The second kappa shape index (κ2) is 9.16. The minimum Gasteiger partial charge on any atom is -0.364 e. The first kappa shape index (κ1) is 22.7. The lowest BCUT2D eigenvalue weighted by Crippen LogP contribution is -2.31. The maximum atomic E-state index is 12.7. The Labute approximate surface area is 191 Å². The summed E-state index contributed by atoms with van der Waals surface area (Å²) in [6.07, 6.45) is -0.541. The molecule has 0 aliphatic rings. The molecule has 10 heteroatoms. The molecule has 0 aliphatic heterocycles. The summed E-state index contributed by atoms with van der Waals surface area (Å²) in [6.45, 7) is 0.315. The molecule has 2 heterocycles. The van der Waals surface area contributed by atoms with Crippen LogP contribution < -0.4 is 16.8 Å². The van der Waals surface area contributed by atoms with E-state index in [1.54, 1.807) is 12.4 Å². The number of rotatable bonds is 7. The van der Waals surface area contributed by atoms with Gasteiger partial charge < -0.3 is 16.8 Å². The van der Waals surface area contributed by atoms with Gasteiger partial charge in [0, 0.05) is 30.4 Å². The van der Waals surface area contributed by atoms with E-state index in [4.69, 9.17) is 11.5 Å². The van der Waals surface area contributed by atoms with Gasteiger partial charge in [0.1, 0.15) is 5.69 Å². The zero-order chi connectivity index (χ0) is 23.6. The number of carbonyl (C=O) groups is 1. The fraction of sp³-hybridized carbons (Fsp3) is 0.174. The molecule has 0 fully saturated rings. The van der Waals surface area contributed by atoms with Crippen molar-refractivity contribution in [2.24, 2.45) is 11.5 Å². The number of nitrogens with zero attached hydrogens (tertiary/aromatic N) is 2. The van der Waals surface area contributed by atoms with E-state index >= 15 is 0 Å². The SMILES string of the molecule is NC(=O)c1nc(NCC(N)Cc2ccc(C(F)(F)F)cc2)sc1-c1ccc2cnccc2c1. The number of pyridine rings is 1. The number of anilines is 1. The molecule has 33 heavy (non-hydrogen) atoms. The molecule has 1 unspecified atom stereocenters. The molecule has 5 N–H and O–H groups in total. The number of carbonyl (C=O) groups excluding carboxylic acids is 1. The first-order valence-electron chi connectivity index (χ1n) is 10.0. The molecule has 6 nitrogen and oxygen atoms in total. The Bertz CT molecular complexity index is 1290. The van der Waals surface area contributed by atoms with Crippen molar-refractivity contribution in [2.45, 2.75) is 18.6 Å². The highest BCUT2D eigenvalue weighted by molar-refractivity contribution is 7.19. The summed E-state index contributed by atoms with van der Waals surface area (Å²) < 4.78 is 38.1. The average molecular weight is 472 g/mol. The number of fused-ring (bicyclic) bond motifs is 1. The van der Waals surface area contributed by atoms with Gasteiger partial charge in [0.25, 0.3) is 5.91 Å². The molecule has 2 aromatic heterocycles. The number of nitrogens with two attached hydrogens (primary N) is 2. The Balaban J connectivity index is 1.46. The second-order valence-corrected chi connectivity index (χ2v) is 8.54. The topological polar surface area (TPSA) is 107 Å².